The first-order valence-corrected chi connectivity index (χ1v) is 5.01. The van der Waals surface area contributed by atoms with E-state index in [1.165, 1.54) is 9.75 Å². The molecule has 2 nitrogen and oxygen atoms in total. The van der Waals surface area contributed by atoms with E-state index in [-0.39, 0.29) is 0 Å². The van der Waals surface area contributed by atoms with Gasteiger partial charge in [-0.05, 0) is 24.3 Å². The van der Waals surface area contributed by atoms with Gasteiger partial charge in [0.2, 0.25) is 0 Å². The van der Waals surface area contributed by atoms with Gasteiger partial charge in [0.15, 0.2) is 0 Å². The standard InChI is InChI=1S/C10H10N2S/c11-7-8-4-5-10(13-8)9-3-1-2-6-12-9/h1-6H,7,11H2/p+1. The van der Waals surface area contributed by atoms with Crippen molar-refractivity contribution in [1.82, 2.24) is 4.98 Å². The minimum absolute atomic E-state index is 0.859. The molecule has 0 saturated heterocycles. The Hall–Kier alpha value is -1.19. The Morgan fingerprint density at radius 2 is 2.15 bits per heavy atom. The number of aromatic nitrogens is 1. The minimum Gasteiger partial charge on any atom is -0.353 e. The molecular weight excluding hydrogens is 180 g/mol. The van der Waals surface area contributed by atoms with E-state index in [0.717, 1.165) is 12.2 Å². The van der Waals surface area contributed by atoms with Crippen LogP contribution in [0.5, 0.6) is 0 Å². The molecule has 0 aliphatic heterocycles. The van der Waals surface area contributed by atoms with E-state index in [1.807, 2.05) is 24.4 Å². The van der Waals surface area contributed by atoms with Gasteiger partial charge < -0.3 is 5.73 Å². The lowest BCUT2D eigenvalue weighted by Gasteiger charge is -1.92. The Morgan fingerprint density at radius 1 is 1.23 bits per heavy atom. The van der Waals surface area contributed by atoms with Gasteiger partial charge >= 0.3 is 0 Å². The van der Waals surface area contributed by atoms with E-state index < -0.39 is 0 Å². The molecule has 3 N–H and O–H groups in total. The molecule has 0 fully saturated rings. The number of pyridine rings is 1. The summed E-state index contributed by atoms with van der Waals surface area (Å²) in [6.45, 7) is 0.859. The van der Waals surface area contributed by atoms with Gasteiger partial charge in [-0.25, -0.2) is 0 Å². The summed E-state index contributed by atoms with van der Waals surface area (Å²) in [5.74, 6) is 0. The van der Waals surface area contributed by atoms with Crippen LogP contribution in [0.4, 0.5) is 0 Å². The molecule has 0 bridgehead atoms. The molecule has 2 aromatic rings. The Kier molecular flexibility index (Phi) is 2.38. The molecule has 2 rings (SSSR count). The fraction of sp³-hybridized carbons (Fsp3) is 0.100. The van der Waals surface area contributed by atoms with Gasteiger partial charge in [0.25, 0.3) is 0 Å². The van der Waals surface area contributed by atoms with Crippen LogP contribution in [0.3, 0.4) is 0 Å². The topological polar surface area (TPSA) is 40.5 Å². The average molecular weight is 191 g/mol. The number of hydrogen-bond acceptors (Lipinski definition) is 2. The van der Waals surface area contributed by atoms with Crippen LogP contribution >= 0.6 is 11.3 Å². The molecule has 0 radical (unpaired) electrons. The molecule has 2 aromatic heterocycles. The zero-order valence-corrected chi connectivity index (χ0v) is 8.05. The lowest BCUT2D eigenvalue weighted by atomic mass is 10.3. The zero-order chi connectivity index (χ0) is 9.10. The maximum atomic E-state index is 4.29. The second-order valence-corrected chi connectivity index (χ2v) is 3.90. The fourth-order valence-corrected chi connectivity index (χ4v) is 2.04. The highest BCUT2D eigenvalue weighted by Gasteiger charge is 2.02. The number of quaternary nitrogens is 1. The van der Waals surface area contributed by atoms with Crippen molar-refractivity contribution in [2.75, 3.05) is 0 Å². The van der Waals surface area contributed by atoms with E-state index >= 15 is 0 Å². The van der Waals surface area contributed by atoms with E-state index in [1.54, 1.807) is 11.3 Å². The van der Waals surface area contributed by atoms with Crippen LogP contribution in [-0.2, 0) is 6.54 Å². The van der Waals surface area contributed by atoms with Crippen molar-refractivity contribution in [2.45, 2.75) is 6.54 Å². The SMILES string of the molecule is [NH3+]Cc1ccc(-c2ccccn2)s1. The van der Waals surface area contributed by atoms with Crippen LogP contribution < -0.4 is 5.73 Å². The van der Waals surface area contributed by atoms with Gasteiger partial charge in [0.1, 0.15) is 6.54 Å². The van der Waals surface area contributed by atoms with E-state index in [0.29, 0.717) is 0 Å². The summed E-state index contributed by atoms with van der Waals surface area (Å²) in [5, 5.41) is 0. The van der Waals surface area contributed by atoms with Crippen molar-refractivity contribution in [3.05, 3.63) is 41.4 Å². The van der Waals surface area contributed by atoms with Crippen LogP contribution in [0.25, 0.3) is 10.6 Å². The summed E-state index contributed by atoms with van der Waals surface area (Å²) in [6.07, 6.45) is 1.82. The molecule has 3 heteroatoms. The van der Waals surface area contributed by atoms with Gasteiger partial charge in [0, 0.05) is 6.20 Å². The Balaban J connectivity index is 2.36. The van der Waals surface area contributed by atoms with Crippen molar-refractivity contribution in [1.29, 1.82) is 0 Å². The maximum absolute atomic E-state index is 4.29. The van der Waals surface area contributed by atoms with Gasteiger partial charge in [-0.15, -0.1) is 11.3 Å². The van der Waals surface area contributed by atoms with Gasteiger partial charge in [-0.1, -0.05) is 6.07 Å². The molecule has 13 heavy (non-hydrogen) atoms. The summed E-state index contributed by atoms with van der Waals surface area (Å²) in [4.78, 5) is 6.81. The third kappa shape index (κ3) is 1.76. The highest BCUT2D eigenvalue weighted by atomic mass is 32.1. The maximum Gasteiger partial charge on any atom is 0.109 e. The van der Waals surface area contributed by atoms with Gasteiger partial charge in [-0.2, -0.15) is 0 Å². The number of thiophene rings is 1. The summed E-state index contributed by atoms with van der Waals surface area (Å²) in [6, 6.07) is 10.2. The molecule has 0 aliphatic rings. The first kappa shape index (κ1) is 8.41. The quantitative estimate of drug-likeness (QED) is 0.768. The second-order valence-electron chi connectivity index (χ2n) is 2.73. The molecule has 0 unspecified atom stereocenters. The van der Waals surface area contributed by atoms with Crippen molar-refractivity contribution >= 4 is 11.3 Å². The van der Waals surface area contributed by atoms with Crippen molar-refractivity contribution in [2.24, 2.45) is 0 Å². The van der Waals surface area contributed by atoms with Gasteiger partial charge in [0.05, 0.1) is 15.4 Å². The molecule has 0 aliphatic carbocycles. The van der Waals surface area contributed by atoms with E-state index in [9.17, 15) is 0 Å². The molecule has 0 atom stereocenters. The first-order chi connectivity index (χ1) is 6.40. The zero-order valence-electron chi connectivity index (χ0n) is 7.23. The van der Waals surface area contributed by atoms with E-state index in [2.05, 4.69) is 22.9 Å². The minimum atomic E-state index is 0.859. The molecule has 0 spiro atoms. The fourth-order valence-electron chi connectivity index (χ4n) is 1.16. The molecule has 2 heterocycles. The van der Waals surface area contributed by atoms with Crippen molar-refractivity contribution in [3.8, 4) is 10.6 Å². The van der Waals surface area contributed by atoms with Crippen molar-refractivity contribution < 1.29 is 5.73 Å². The average Bonchev–Trinajstić information content (AvgIpc) is 2.67. The molecular formula is C10H11N2S+. The van der Waals surface area contributed by atoms with Crippen LogP contribution in [0, 0.1) is 0 Å². The number of nitrogens with zero attached hydrogens (tertiary/aromatic N) is 1. The Morgan fingerprint density at radius 3 is 2.77 bits per heavy atom. The third-order valence-corrected chi connectivity index (χ3v) is 2.99. The van der Waals surface area contributed by atoms with Crippen LogP contribution in [0.2, 0.25) is 0 Å². The lowest BCUT2D eigenvalue weighted by Crippen LogP contribution is -2.47. The first-order valence-electron chi connectivity index (χ1n) is 4.19. The monoisotopic (exact) mass is 191 g/mol. The smallest absolute Gasteiger partial charge is 0.109 e. The van der Waals surface area contributed by atoms with Crippen LogP contribution in [0.15, 0.2) is 36.5 Å². The summed E-state index contributed by atoms with van der Waals surface area (Å²) in [7, 11) is 0. The van der Waals surface area contributed by atoms with Gasteiger partial charge in [-0.3, -0.25) is 4.98 Å². The normalized spacial score (nSPS) is 10.2. The number of hydrogen-bond donors (Lipinski definition) is 1. The molecule has 0 aromatic carbocycles. The van der Waals surface area contributed by atoms with E-state index in [4.69, 9.17) is 0 Å². The highest BCUT2D eigenvalue weighted by molar-refractivity contribution is 7.15. The number of rotatable bonds is 2. The Bertz CT molecular complexity index is 381. The predicted molar refractivity (Wildman–Crippen MR) is 54.1 cm³/mol. The summed E-state index contributed by atoms with van der Waals surface area (Å²) in [5.41, 5.74) is 4.90. The second kappa shape index (κ2) is 3.68. The van der Waals surface area contributed by atoms with Crippen molar-refractivity contribution in [3.63, 3.8) is 0 Å². The molecule has 66 valence electrons. The highest BCUT2D eigenvalue weighted by Crippen LogP contribution is 2.25. The Labute approximate surface area is 81.1 Å². The molecule has 0 amide bonds. The van der Waals surface area contributed by atoms with Crippen LogP contribution in [0.1, 0.15) is 4.88 Å². The largest absolute Gasteiger partial charge is 0.353 e. The lowest BCUT2D eigenvalue weighted by molar-refractivity contribution is -0.385. The summed E-state index contributed by atoms with van der Waals surface area (Å²) >= 11 is 1.76. The third-order valence-electron chi connectivity index (χ3n) is 1.83. The predicted octanol–water partition coefficient (Wildman–Crippen LogP) is 1.55. The summed E-state index contributed by atoms with van der Waals surface area (Å²) < 4.78 is 0. The molecule has 0 saturated carbocycles. The van der Waals surface area contributed by atoms with Crippen LogP contribution in [-0.4, -0.2) is 4.98 Å².